The number of fused-ring (bicyclic) bond motifs is 2. The van der Waals surface area contributed by atoms with Crippen molar-refractivity contribution in [1.82, 2.24) is 0 Å². The highest BCUT2D eigenvalue weighted by atomic mass is 16.5. The summed E-state index contributed by atoms with van der Waals surface area (Å²) in [7, 11) is 0. The average Bonchev–Trinajstić information content (AvgIpc) is 2.45. The largest absolute Gasteiger partial charge is 0.375 e. The Balaban J connectivity index is 1.87. The third kappa shape index (κ3) is 1.44. The topological polar surface area (TPSA) is 9.23 Å². The summed E-state index contributed by atoms with van der Waals surface area (Å²) in [4.78, 5) is 0. The van der Waals surface area contributed by atoms with Crippen molar-refractivity contribution in [2.45, 2.75) is 51.7 Å². The molecule has 0 aromatic heterocycles. The standard InChI is InChI=1S/C10H18O/c1-7(2)5-8-6-9-3-4-10(8)11-9/h7-10H,3-6H2,1-2H3. The number of ether oxygens (including phenoxy) is 1. The minimum Gasteiger partial charge on any atom is -0.375 e. The molecule has 3 atom stereocenters. The van der Waals surface area contributed by atoms with Crippen LogP contribution in [0.15, 0.2) is 0 Å². The van der Waals surface area contributed by atoms with Gasteiger partial charge in [0, 0.05) is 0 Å². The van der Waals surface area contributed by atoms with Crippen LogP contribution in [0.4, 0.5) is 0 Å². The number of hydrogen-bond donors (Lipinski definition) is 0. The van der Waals surface area contributed by atoms with Crippen molar-refractivity contribution >= 4 is 0 Å². The zero-order valence-corrected chi connectivity index (χ0v) is 7.55. The van der Waals surface area contributed by atoms with Gasteiger partial charge in [-0.3, -0.25) is 0 Å². The van der Waals surface area contributed by atoms with Gasteiger partial charge in [-0.15, -0.1) is 0 Å². The van der Waals surface area contributed by atoms with Gasteiger partial charge in [-0.1, -0.05) is 13.8 Å². The number of rotatable bonds is 2. The fourth-order valence-electron chi connectivity index (χ4n) is 2.60. The molecular weight excluding hydrogens is 136 g/mol. The summed E-state index contributed by atoms with van der Waals surface area (Å²) in [6, 6.07) is 0. The molecular formula is C10H18O. The second-order valence-electron chi connectivity index (χ2n) is 4.50. The third-order valence-corrected chi connectivity index (χ3v) is 3.01. The first-order chi connectivity index (χ1) is 5.25. The van der Waals surface area contributed by atoms with Crippen molar-refractivity contribution in [2.24, 2.45) is 11.8 Å². The van der Waals surface area contributed by atoms with Crippen LogP contribution in [-0.4, -0.2) is 12.2 Å². The lowest BCUT2D eigenvalue weighted by molar-refractivity contribution is 0.0892. The summed E-state index contributed by atoms with van der Waals surface area (Å²) in [6.07, 6.45) is 6.68. The van der Waals surface area contributed by atoms with Crippen LogP contribution in [0.1, 0.15) is 39.5 Å². The Morgan fingerprint density at radius 2 is 2.18 bits per heavy atom. The van der Waals surface area contributed by atoms with Crippen LogP contribution >= 0.6 is 0 Å². The van der Waals surface area contributed by atoms with Gasteiger partial charge in [-0.25, -0.2) is 0 Å². The van der Waals surface area contributed by atoms with E-state index in [0.717, 1.165) is 11.8 Å². The molecule has 3 unspecified atom stereocenters. The van der Waals surface area contributed by atoms with Crippen molar-refractivity contribution in [3.05, 3.63) is 0 Å². The predicted octanol–water partition coefficient (Wildman–Crippen LogP) is 2.60. The van der Waals surface area contributed by atoms with Crippen molar-refractivity contribution in [2.75, 3.05) is 0 Å². The summed E-state index contributed by atoms with van der Waals surface area (Å²) in [6.45, 7) is 4.62. The van der Waals surface area contributed by atoms with Crippen molar-refractivity contribution in [3.63, 3.8) is 0 Å². The van der Waals surface area contributed by atoms with Crippen LogP contribution in [0, 0.1) is 11.8 Å². The highest BCUT2D eigenvalue weighted by Crippen LogP contribution is 2.41. The first-order valence-electron chi connectivity index (χ1n) is 4.91. The van der Waals surface area contributed by atoms with Gasteiger partial charge in [0.05, 0.1) is 12.2 Å². The third-order valence-electron chi connectivity index (χ3n) is 3.01. The SMILES string of the molecule is CC(C)CC1CC2CCC1O2. The van der Waals surface area contributed by atoms with Crippen LogP contribution in [-0.2, 0) is 4.74 Å². The van der Waals surface area contributed by atoms with E-state index < -0.39 is 0 Å². The van der Waals surface area contributed by atoms with Gasteiger partial charge in [0.2, 0.25) is 0 Å². The highest BCUT2D eigenvalue weighted by Gasteiger charge is 2.40. The fraction of sp³-hybridized carbons (Fsp3) is 1.00. The molecule has 0 aromatic carbocycles. The minimum atomic E-state index is 0.641. The van der Waals surface area contributed by atoms with Gasteiger partial charge in [-0.05, 0) is 37.5 Å². The Hall–Kier alpha value is -0.0400. The summed E-state index contributed by atoms with van der Waals surface area (Å²) < 4.78 is 5.79. The maximum atomic E-state index is 5.79. The van der Waals surface area contributed by atoms with E-state index in [-0.39, 0.29) is 0 Å². The predicted molar refractivity (Wildman–Crippen MR) is 45.5 cm³/mol. The van der Waals surface area contributed by atoms with Crippen LogP contribution in [0.2, 0.25) is 0 Å². The Kier molecular flexibility index (Phi) is 1.92. The maximum absolute atomic E-state index is 5.79. The van der Waals surface area contributed by atoms with Gasteiger partial charge < -0.3 is 4.74 Å². The van der Waals surface area contributed by atoms with E-state index in [9.17, 15) is 0 Å². The van der Waals surface area contributed by atoms with Gasteiger partial charge in [0.1, 0.15) is 0 Å². The Labute approximate surface area is 69.1 Å². The molecule has 2 aliphatic heterocycles. The van der Waals surface area contributed by atoms with E-state index in [1.54, 1.807) is 0 Å². The van der Waals surface area contributed by atoms with E-state index in [1.165, 1.54) is 25.7 Å². The zero-order chi connectivity index (χ0) is 7.84. The molecule has 11 heavy (non-hydrogen) atoms. The van der Waals surface area contributed by atoms with Crippen molar-refractivity contribution in [1.29, 1.82) is 0 Å². The molecule has 2 bridgehead atoms. The normalized spacial score (nSPS) is 42.3. The Morgan fingerprint density at radius 3 is 2.64 bits per heavy atom. The molecule has 2 fully saturated rings. The molecule has 0 N–H and O–H groups in total. The molecule has 1 nitrogen and oxygen atoms in total. The monoisotopic (exact) mass is 154 g/mol. The van der Waals surface area contributed by atoms with Crippen LogP contribution in [0.5, 0.6) is 0 Å². The Morgan fingerprint density at radius 1 is 1.36 bits per heavy atom. The second kappa shape index (κ2) is 2.78. The van der Waals surface area contributed by atoms with E-state index >= 15 is 0 Å². The molecule has 0 amide bonds. The summed E-state index contributed by atoms with van der Waals surface area (Å²) in [5, 5.41) is 0. The molecule has 0 radical (unpaired) electrons. The van der Waals surface area contributed by atoms with Crippen LogP contribution in [0.25, 0.3) is 0 Å². The second-order valence-corrected chi connectivity index (χ2v) is 4.50. The Bertz CT molecular complexity index is 142. The van der Waals surface area contributed by atoms with Crippen molar-refractivity contribution in [3.8, 4) is 0 Å². The minimum absolute atomic E-state index is 0.641. The average molecular weight is 154 g/mol. The molecule has 0 saturated carbocycles. The van der Waals surface area contributed by atoms with E-state index in [4.69, 9.17) is 4.74 Å². The molecule has 0 aliphatic carbocycles. The van der Waals surface area contributed by atoms with E-state index in [2.05, 4.69) is 13.8 Å². The molecule has 2 heterocycles. The van der Waals surface area contributed by atoms with Crippen LogP contribution < -0.4 is 0 Å². The first kappa shape index (κ1) is 7.60. The first-order valence-corrected chi connectivity index (χ1v) is 4.91. The summed E-state index contributed by atoms with van der Waals surface area (Å²) in [5.41, 5.74) is 0. The van der Waals surface area contributed by atoms with E-state index in [1.807, 2.05) is 0 Å². The quantitative estimate of drug-likeness (QED) is 0.594. The molecule has 0 aromatic rings. The number of hydrogen-bond acceptors (Lipinski definition) is 1. The van der Waals surface area contributed by atoms with Gasteiger partial charge >= 0.3 is 0 Å². The smallest absolute Gasteiger partial charge is 0.0609 e. The summed E-state index contributed by atoms with van der Waals surface area (Å²) >= 11 is 0. The molecule has 0 spiro atoms. The van der Waals surface area contributed by atoms with Crippen LogP contribution in [0.3, 0.4) is 0 Å². The molecule has 64 valence electrons. The summed E-state index contributed by atoms with van der Waals surface area (Å²) in [5.74, 6) is 1.75. The maximum Gasteiger partial charge on any atom is 0.0609 e. The zero-order valence-electron chi connectivity index (χ0n) is 7.55. The molecule has 2 aliphatic rings. The van der Waals surface area contributed by atoms with Gasteiger partial charge in [0.15, 0.2) is 0 Å². The van der Waals surface area contributed by atoms with Gasteiger partial charge in [0.25, 0.3) is 0 Å². The molecule has 2 rings (SSSR count). The highest BCUT2D eigenvalue weighted by molar-refractivity contribution is 4.89. The van der Waals surface area contributed by atoms with Gasteiger partial charge in [-0.2, -0.15) is 0 Å². The lowest BCUT2D eigenvalue weighted by atomic mass is 9.84. The van der Waals surface area contributed by atoms with E-state index in [0.29, 0.717) is 12.2 Å². The lowest BCUT2D eigenvalue weighted by Crippen LogP contribution is -2.17. The molecule has 2 saturated heterocycles. The van der Waals surface area contributed by atoms with Crippen molar-refractivity contribution < 1.29 is 4.74 Å². The fourth-order valence-corrected chi connectivity index (χ4v) is 2.60. The molecule has 1 heteroatoms. The lowest BCUT2D eigenvalue weighted by Gasteiger charge is -2.19.